The second kappa shape index (κ2) is 9.62. The van der Waals surface area contributed by atoms with Gasteiger partial charge < -0.3 is 10.6 Å². The maximum atomic E-state index is 12.1. The van der Waals surface area contributed by atoms with E-state index in [1.54, 1.807) is 18.3 Å². The van der Waals surface area contributed by atoms with E-state index in [0.717, 1.165) is 32.5 Å². The average molecular weight is 417 g/mol. The number of nitrogens with one attached hydrogen (secondary N) is 2. The predicted molar refractivity (Wildman–Crippen MR) is 112 cm³/mol. The van der Waals surface area contributed by atoms with Gasteiger partial charge in [-0.1, -0.05) is 6.07 Å². The summed E-state index contributed by atoms with van der Waals surface area (Å²) in [7, 11) is 0. The van der Waals surface area contributed by atoms with Crippen LogP contribution in [-0.4, -0.2) is 41.3 Å². The number of piperidine rings is 1. The van der Waals surface area contributed by atoms with Crippen LogP contribution in [0, 0.1) is 23.0 Å². The van der Waals surface area contributed by atoms with Crippen LogP contribution in [-0.2, 0) is 16.1 Å². The van der Waals surface area contributed by atoms with Crippen LogP contribution in [0.2, 0.25) is 0 Å². The van der Waals surface area contributed by atoms with Crippen molar-refractivity contribution in [2.24, 2.45) is 5.92 Å². The molecule has 2 aromatic rings. The van der Waals surface area contributed by atoms with E-state index in [0.29, 0.717) is 18.0 Å². The zero-order valence-electron chi connectivity index (χ0n) is 16.2. The molecule has 0 saturated carbocycles. The summed E-state index contributed by atoms with van der Waals surface area (Å²) >= 11 is 1.70. The maximum Gasteiger partial charge on any atom is 0.313 e. The summed E-state index contributed by atoms with van der Waals surface area (Å²) in [5.74, 6) is -1.20. The van der Waals surface area contributed by atoms with Crippen LogP contribution < -0.4 is 10.6 Å². The first kappa shape index (κ1) is 20.9. The van der Waals surface area contributed by atoms with E-state index in [-0.39, 0.29) is 11.4 Å². The lowest BCUT2D eigenvalue weighted by Crippen LogP contribution is -2.41. The minimum atomic E-state index is -0.816. The lowest BCUT2D eigenvalue weighted by Gasteiger charge is -2.31. The fraction of sp³-hybridized carbons (Fsp3) is 0.400. The smallest absolute Gasteiger partial charge is 0.313 e. The van der Waals surface area contributed by atoms with Crippen LogP contribution in [0.25, 0.3) is 0 Å². The lowest BCUT2D eigenvalue weighted by atomic mass is 9.96. The Labute approximate surface area is 173 Å². The minimum Gasteiger partial charge on any atom is -0.348 e. The zero-order chi connectivity index (χ0) is 20.8. The Morgan fingerprint density at radius 2 is 2.00 bits per heavy atom. The molecule has 3 rings (SSSR count). The number of non-ortho nitro benzene ring substituents is 1. The quantitative estimate of drug-likeness (QED) is 0.428. The summed E-state index contributed by atoms with van der Waals surface area (Å²) in [4.78, 5) is 37.0. The largest absolute Gasteiger partial charge is 0.348 e. The van der Waals surface area contributed by atoms with Crippen molar-refractivity contribution in [3.05, 3.63) is 56.3 Å². The predicted octanol–water partition coefficient (Wildman–Crippen LogP) is 2.93. The first-order valence-corrected chi connectivity index (χ1v) is 10.4. The standard InChI is InChI=1S/C20H24N4O4S/c1-14-2-3-17(24(27)28)10-18(14)22-20(26)19(25)21-11-15-4-7-23(8-5-15)12-16-6-9-29-13-16/h2-3,6,9-10,13,15H,4-5,7-8,11-12H2,1H3,(H,21,25)(H,22,26). The number of nitrogens with zero attached hydrogens (tertiary/aromatic N) is 2. The number of hydrogen-bond donors (Lipinski definition) is 2. The molecule has 2 N–H and O–H groups in total. The molecule has 0 unspecified atom stereocenters. The van der Waals surface area contributed by atoms with Gasteiger partial charge in [-0.3, -0.25) is 24.6 Å². The van der Waals surface area contributed by atoms with Gasteiger partial charge in [0.1, 0.15) is 0 Å². The first-order valence-electron chi connectivity index (χ1n) is 9.50. The second-order valence-electron chi connectivity index (χ2n) is 7.27. The highest BCUT2D eigenvalue weighted by molar-refractivity contribution is 7.07. The van der Waals surface area contributed by atoms with Crippen molar-refractivity contribution < 1.29 is 14.5 Å². The highest BCUT2D eigenvalue weighted by Crippen LogP contribution is 2.22. The summed E-state index contributed by atoms with van der Waals surface area (Å²) < 4.78 is 0. The van der Waals surface area contributed by atoms with E-state index < -0.39 is 16.7 Å². The Hall–Kier alpha value is -2.78. The number of hydrogen-bond acceptors (Lipinski definition) is 6. The minimum absolute atomic E-state index is 0.138. The van der Waals surface area contributed by atoms with Crippen molar-refractivity contribution in [3.8, 4) is 0 Å². The van der Waals surface area contributed by atoms with Crippen molar-refractivity contribution in [1.82, 2.24) is 10.2 Å². The summed E-state index contributed by atoms with van der Waals surface area (Å²) in [5, 5.41) is 20.3. The second-order valence-corrected chi connectivity index (χ2v) is 8.05. The molecule has 0 atom stereocenters. The van der Waals surface area contributed by atoms with Crippen LogP contribution in [0.5, 0.6) is 0 Å². The molecule has 0 spiro atoms. The van der Waals surface area contributed by atoms with Gasteiger partial charge in [-0.2, -0.15) is 11.3 Å². The number of aryl methyl sites for hydroxylation is 1. The first-order chi connectivity index (χ1) is 13.9. The lowest BCUT2D eigenvalue weighted by molar-refractivity contribution is -0.384. The van der Waals surface area contributed by atoms with Crippen molar-refractivity contribution in [1.29, 1.82) is 0 Å². The number of nitro benzene ring substituents is 1. The Morgan fingerprint density at radius 3 is 2.66 bits per heavy atom. The normalized spacial score (nSPS) is 15.1. The number of carbonyl (C=O) groups is 2. The highest BCUT2D eigenvalue weighted by Gasteiger charge is 2.22. The fourth-order valence-electron chi connectivity index (χ4n) is 3.34. The number of thiophene rings is 1. The van der Waals surface area contributed by atoms with E-state index in [2.05, 4.69) is 32.4 Å². The number of likely N-dealkylation sites (tertiary alicyclic amines) is 1. The zero-order valence-corrected chi connectivity index (χ0v) is 17.0. The average Bonchev–Trinajstić information content (AvgIpc) is 3.21. The number of benzene rings is 1. The molecule has 2 heterocycles. The van der Waals surface area contributed by atoms with Crippen molar-refractivity contribution in [2.75, 3.05) is 25.0 Å². The summed E-state index contributed by atoms with van der Waals surface area (Å²) in [5.41, 5.74) is 2.10. The molecule has 29 heavy (non-hydrogen) atoms. The third-order valence-corrected chi connectivity index (χ3v) is 5.86. The molecule has 9 heteroatoms. The van der Waals surface area contributed by atoms with Crippen LogP contribution in [0.3, 0.4) is 0 Å². The van der Waals surface area contributed by atoms with E-state index in [1.807, 2.05) is 0 Å². The monoisotopic (exact) mass is 416 g/mol. The number of anilines is 1. The van der Waals surface area contributed by atoms with E-state index in [1.165, 1.54) is 23.8 Å². The van der Waals surface area contributed by atoms with Crippen LogP contribution >= 0.6 is 11.3 Å². The maximum absolute atomic E-state index is 12.1. The molecule has 154 valence electrons. The van der Waals surface area contributed by atoms with Crippen molar-refractivity contribution in [3.63, 3.8) is 0 Å². The Kier molecular flexibility index (Phi) is 6.95. The molecule has 1 aromatic carbocycles. The molecular weight excluding hydrogens is 392 g/mol. The molecule has 1 aromatic heterocycles. The number of amides is 2. The number of carbonyl (C=O) groups excluding carboxylic acids is 2. The molecule has 0 aliphatic carbocycles. The molecule has 0 bridgehead atoms. The third kappa shape index (κ3) is 5.85. The third-order valence-electron chi connectivity index (χ3n) is 5.13. The molecular formula is C20H24N4O4S. The molecule has 2 amide bonds. The Morgan fingerprint density at radius 1 is 1.24 bits per heavy atom. The van der Waals surface area contributed by atoms with Crippen LogP contribution in [0.1, 0.15) is 24.0 Å². The fourth-order valence-corrected chi connectivity index (χ4v) is 4.00. The topological polar surface area (TPSA) is 105 Å². The van der Waals surface area contributed by atoms with Crippen molar-refractivity contribution in [2.45, 2.75) is 26.3 Å². The molecule has 1 aliphatic rings. The van der Waals surface area contributed by atoms with Gasteiger partial charge in [0.05, 0.1) is 10.6 Å². The van der Waals surface area contributed by atoms with E-state index in [4.69, 9.17) is 0 Å². The van der Waals surface area contributed by atoms with Gasteiger partial charge in [0, 0.05) is 25.2 Å². The van der Waals surface area contributed by atoms with Gasteiger partial charge in [0.25, 0.3) is 5.69 Å². The number of nitro groups is 1. The van der Waals surface area contributed by atoms with Gasteiger partial charge >= 0.3 is 11.8 Å². The van der Waals surface area contributed by atoms with Gasteiger partial charge in [-0.05, 0) is 66.7 Å². The van der Waals surface area contributed by atoms with Crippen LogP contribution in [0.15, 0.2) is 35.0 Å². The molecule has 1 fully saturated rings. The van der Waals surface area contributed by atoms with Crippen molar-refractivity contribution >= 4 is 34.5 Å². The Balaban J connectivity index is 1.43. The van der Waals surface area contributed by atoms with Gasteiger partial charge in [-0.15, -0.1) is 0 Å². The molecule has 8 nitrogen and oxygen atoms in total. The van der Waals surface area contributed by atoms with E-state index in [9.17, 15) is 19.7 Å². The van der Waals surface area contributed by atoms with Gasteiger partial charge in [0.2, 0.25) is 0 Å². The SMILES string of the molecule is Cc1ccc([N+](=O)[O-])cc1NC(=O)C(=O)NCC1CCN(Cc2ccsc2)CC1. The van der Waals surface area contributed by atoms with E-state index >= 15 is 0 Å². The highest BCUT2D eigenvalue weighted by atomic mass is 32.1. The van der Waals surface area contributed by atoms with Crippen LogP contribution in [0.4, 0.5) is 11.4 Å². The molecule has 1 aliphatic heterocycles. The summed E-state index contributed by atoms with van der Waals surface area (Å²) in [6, 6.07) is 6.29. The van der Waals surface area contributed by atoms with Gasteiger partial charge in [0.15, 0.2) is 0 Å². The summed E-state index contributed by atoms with van der Waals surface area (Å²) in [6.07, 6.45) is 1.94. The summed E-state index contributed by atoms with van der Waals surface area (Å²) in [6.45, 7) is 5.05. The Bertz CT molecular complexity index is 877. The number of rotatable bonds is 6. The molecule has 1 saturated heterocycles. The molecule has 0 radical (unpaired) electrons. The van der Waals surface area contributed by atoms with Gasteiger partial charge in [-0.25, -0.2) is 0 Å².